The van der Waals surface area contributed by atoms with Gasteiger partial charge in [-0.15, -0.1) is 11.3 Å². The summed E-state index contributed by atoms with van der Waals surface area (Å²) in [4.78, 5) is 37.6. The number of halogens is 2. The Bertz CT molecular complexity index is 921. The van der Waals surface area contributed by atoms with Crippen LogP contribution < -0.4 is 5.32 Å². The fourth-order valence-corrected chi connectivity index (χ4v) is 3.77. The number of carbonyl (C=O) groups is 3. The first kappa shape index (κ1) is 22.8. The molecule has 1 amide bonds. The third-order valence-corrected chi connectivity index (χ3v) is 5.28. The topological polar surface area (TPSA) is 81.7 Å². The Kier molecular flexibility index (Phi) is 7.75. The molecule has 0 aliphatic carbocycles. The van der Waals surface area contributed by atoms with E-state index >= 15 is 0 Å². The molecule has 0 saturated carbocycles. The second kappa shape index (κ2) is 9.84. The Morgan fingerprint density at radius 2 is 1.86 bits per heavy atom. The zero-order valence-corrected chi connectivity index (χ0v) is 18.0. The van der Waals surface area contributed by atoms with E-state index in [-0.39, 0.29) is 45.2 Å². The maximum atomic E-state index is 14.1. The van der Waals surface area contributed by atoms with Crippen LogP contribution in [-0.2, 0) is 9.47 Å². The standard InChI is InChI=1S/C20H21ClFNO5S/c1-5-27-19(25)14-11(4)16(20(26)28-9-10(2)3)29-18(14)23-17(24)15-12(21)7-6-8-13(15)22/h6-8,10H,5,9H2,1-4H3,(H,23,24). The highest BCUT2D eigenvalue weighted by Crippen LogP contribution is 2.35. The zero-order valence-electron chi connectivity index (χ0n) is 16.4. The third-order valence-electron chi connectivity index (χ3n) is 3.78. The molecule has 1 heterocycles. The van der Waals surface area contributed by atoms with Crippen LogP contribution in [0.1, 0.15) is 56.7 Å². The van der Waals surface area contributed by atoms with Crippen LogP contribution in [0.2, 0.25) is 5.02 Å². The average Bonchev–Trinajstić information content (AvgIpc) is 2.95. The van der Waals surface area contributed by atoms with Crippen LogP contribution in [0.5, 0.6) is 0 Å². The second-order valence-electron chi connectivity index (χ2n) is 6.52. The van der Waals surface area contributed by atoms with Gasteiger partial charge in [-0.3, -0.25) is 4.79 Å². The fraction of sp³-hybridized carbons (Fsp3) is 0.350. The maximum absolute atomic E-state index is 14.1. The van der Waals surface area contributed by atoms with Gasteiger partial charge in [-0.2, -0.15) is 0 Å². The molecule has 1 N–H and O–H groups in total. The summed E-state index contributed by atoms with van der Waals surface area (Å²) >= 11 is 6.80. The second-order valence-corrected chi connectivity index (χ2v) is 7.95. The molecule has 2 rings (SSSR count). The molecule has 9 heteroatoms. The summed E-state index contributed by atoms with van der Waals surface area (Å²) in [5.41, 5.74) is -0.0229. The highest BCUT2D eigenvalue weighted by Gasteiger charge is 2.28. The predicted octanol–water partition coefficient (Wildman–Crippen LogP) is 5.09. The number of esters is 2. The van der Waals surface area contributed by atoms with Gasteiger partial charge >= 0.3 is 11.9 Å². The van der Waals surface area contributed by atoms with Crippen molar-refractivity contribution in [2.75, 3.05) is 18.5 Å². The largest absolute Gasteiger partial charge is 0.462 e. The number of rotatable bonds is 7. The van der Waals surface area contributed by atoms with Crippen LogP contribution >= 0.6 is 22.9 Å². The SMILES string of the molecule is CCOC(=O)c1c(NC(=O)c2c(F)cccc2Cl)sc(C(=O)OCC(C)C)c1C. The predicted molar refractivity (Wildman–Crippen MR) is 109 cm³/mol. The molecule has 1 aromatic carbocycles. The van der Waals surface area contributed by atoms with Crippen molar-refractivity contribution in [2.45, 2.75) is 27.7 Å². The van der Waals surface area contributed by atoms with E-state index in [0.717, 1.165) is 17.4 Å². The number of nitrogens with one attached hydrogen (secondary N) is 1. The van der Waals surface area contributed by atoms with Gasteiger partial charge in [0.1, 0.15) is 15.7 Å². The summed E-state index contributed by atoms with van der Waals surface area (Å²) in [7, 11) is 0. The molecule has 2 aromatic rings. The Balaban J connectivity index is 2.44. The summed E-state index contributed by atoms with van der Waals surface area (Å²) in [6.07, 6.45) is 0. The molecule has 0 bridgehead atoms. The molecule has 0 spiro atoms. The van der Waals surface area contributed by atoms with Crippen molar-refractivity contribution in [3.63, 3.8) is 0 Å². The number of ether oxygens (including phenoxy) is 2. The van der Waals surface area contributed by atoms with Crippen LogP contribution in [-0.4, -0.2) is 31.1 Å². The lowest BCUT2D eigenvalue weighted by Crippen LogP contribution is -2.16. The minimum Gasteiger partial charge on any atom is -0.462 e. The molecule has 156 valence electrons. The molecular formula is C20H21ClFNO5S. The lowest BCUT2D eigenvalue weighted by atomic mass is 10.1. The summed E-state index contributed by atoms with van der Waals surface area (Å²) in [6, 6.07) is 3.85. The third kappa shape index (κ3) is 5.33. The van der Waals surface area contributed by atoms with Gasteiger partial charge in [0.05, 0.1) is 29.4 Å². The number of hydrogen-bond acceptors (Lipinski definition) is 6. The molecule has 0 fully saturated rings. The normalized spacial score (nSPS) is 10.7. The molecule has 0 aliphatic rings. The van der Waals surface area contributed by atoms with E-state index in [1.165, 1.54) is 12.1 Å². The quantitative estimate of drug-likeness (QED) is 0.605. The highest BCUT2D eigenvalue weighted by molar-refractivity contribution is 7.18. The van der Waals surface area contributed by atoms with E-state index in [4.69, 9.17) is 21.1 Å². The number of anilines is 1. The Morgan fingerprint density at radius 1 is 1.17 bits per heavy atom. The lowest BCUT2D eigenvalue weighted by molar-refractivity contribution is 0.0464. The van der Waals surface area contributed by atoms with Crippen molar-refractivity contribution in [1.29, 1.82) is 0 Å². The molecule has 6 nitrogen and oxygen atoms in total. The van der Waals surface area contributed by atoms with E-state index < -0.39 is 23.7 Å². The molecule has 0 unspecified atom stereocenters. The first-order valence-electron chi connectivity index (χ1n) is 8.90. The van der Waals surface area contributed by atoms with Crippen molar-refractivity contribution in [2.24, 2.45) is 5.92 Å². The van der Waals surface area contributed by atoms with Crippen LogP contribution in [0.4, 0.5) is 9.39 Å². The molecular weight excluding hydrogens is 421 g/mol. The molecule has 1 aromatic heterocycles. The van der Waals surface area contributed by atoms with Gasteiger partial charge in [0.15, 0.2) is 0 Å². The van der Waals surface area contributed by atoms with Crippen LogP contribution in [0.25, 0.3) is 0 Å². The van der Waals surface area contributed by atoms with Crippen molar-refractivity contribution in [1.82, 2.24) is 0 Å². The first-order valence-corrected chi connectivity index (χ1v) is 10.1. The highest BCUT2D eigenvalue weighted by atomic mass is 35.5. The summed E-state index contributed by atoms with van der Waals surface area (Å²) in [5.74, 6) is -2.85. The van der Waals surface area contributed by atoms with Gasteiger partial charge in [0.25, 0.3) is 5.91 Å². The zero-order chi connectivity index (χ0) is 21.7. The summed E-state index contributed by atoms with van der Waals surface area (Å²) < 4.78 is 24.3. The van der Waals surface area contributed by atoms with E-state index in [1.807, 2.05) is 13.8 Å². The van der Waals surface area contributed by atoms with Crippen molar-refractivity contribution in [3.05, 3.63) is 50.6 Å². The monoisotopic (exact) mass is 441 g/mol. The minimum absolute atomic E-state index is 0.0224. The van der Waals surface area contributed by atoms with Gasteiger partial charge in [0, 0.05) is 0 Å². The molecule has 0 atom stereocenters. The van der Waals surface area contributed by atoms with E-state index in [0.29, 0.717) is 5.56 Å². The van der Waals surface area contributed by atoms with Crippen molar-refractivity contribution >= 4 is 45.8 Å². The first-order chi connectivity index (χ1) is 13.7. The van der Waals surface area contributed by atoms with Gasteiger partial charge < -0.3 is 14.8 Å². The fourth-order valence-electron chi connectivity index (χ4n) is 2.43. The lowest BCUT2D eigenvalue weighted by Gasteiger charge is -2.08. The van der Waals surface area contributed by atoms with E-state index in [9.17, 15) is 18.8 Å². The average molecular weight is 442 g/mol. The van der Waals surface area contributed by atoms with Crippen LogP contribution in [0.15, 0.2) is 18.2 Å². The van der Waals surface area contributed by atoms with Crippen LogP contribution in [0, 0.1) is 18.7 Å². The number of carbonyl (C=O) groups excluding carboxylic acids is 3. The number of benzene rings is 1. The summed E-state index contributed by atoms with van der Waals surface area (Å²) in [6.45, 7) is 7.28. The van der Waals surface area contributed by atoms with Gasteiger partial charge in [-0.25, -0.2) is 14.0 Å². The Hall–Kier alpha value is -2.45. The molecule has 29 heavy (non-hydrogen) atoms. The van der Waals surface area contributed by atoms with Crippen molar-refractivity contribution in [3.8, 4) is 0 Å². The Labute approximate surface area is 177 Å². The number of hydrogen-bond donors (Lipinski definition) is 1. The van der Waals surface area contributed by atoms with Crippen LogP contribution in [0.3, 0.4) is 0 Å². The molecule has 0 radical (unpaired) electrons. The number of thiophene rings is 1. The smallest absolute Gasteiger partial charge is 0.348 e. The molecule has 0 saturated heterocycles. The molecule has 0 aliphatic heterocycles. The van der Waals surface area contributed by atoms with E-state index in [1.54, 1.807) is 13.8 Å². The number of amides is 1. The van der Waals surface area contributed by atoms with E-state index in [2.05, 4.69) is 5.32 Å². The minimum atomic E-state index is -0.845. The summed E-state index contributed by atoms with van der Waals surface area (Å²) in [5, 5.41) is 2.45. The Morgan fingerprint density at radius 3 is 2.45 bits per heavy atom. The van der Waals surface area contributed by atoms with Crippen molar-refractivity contribution < 1.29 is 28.2 Å². The van der Waals surface area contributed by atoms with Gasteiger partial charge in [0.2, 0.25) is 0 Å². The maximum Gasteiger partial charge on any atom is 0.348 e. The van der Waals surface area contributed by atoms with Gasteiger partial charge in [-0.05, 0) is 37.5 Å². The van der Waals surface area contributed by atoms with Gasteiger partial charge in [-0.1, -0.05) is 31.5 Å².